The first-order valence-electron chi connectivity index (χ1n) is 10.3. The van der Waals surface area contributed by atoms with E-state index in [1.807, 2.05) is 6.92 Å². The summed E-state index contributed by atoms with van der Waals surface area (Å²) in [5.41, 5.74) is 1.35. The second kappa shape index (κ2) is 13.7. The molecule has 0 heterocycles. The predicted molar refractivity (Wildman–Crippen MR) is 108 cm³/mol. The normalized spacial score (nSPS) is 25.3. The summed E-state index contributed by atoms with van der Waals surface area (Å²) in [7, 11) is 0. The van der Waals surface area contributed by atoms with Gasteiger partial charge in [0.25, 0.3) is 0 Å². The Morgan fingerprint density at radius 3 is 2.60 bits per heavy atom. The lowest BCUT2D eigenvalue weighted by Gasteiger charge is -2.36. The summed E-state index contributed by atoms with van der Waals surface area (Å²) in [6, 6.07) is 0. The molecule has 0 unspecified atom stereocenters. The van der Waals surface area contributed by atoms with E-state index in [0.29, 0.717) is 18.3 Å². The molecule has 0 aromatic carbocycles. The summed E-state index contributed by atoms with van der Waals surface area (Å²) in [4.78, 5) is 11.7. The van der Waals surface area contributed by atoms with E-state index in [1.54, 1.807) is 11.8 Å². The van der Waals surface area contributed by atoms with E-state index in [-0.39, 0.29) is 17.3 Å². The number of rotatable bonds is 12. The van der Waals surface area contributed by atoms with Gasteiger partial charge in [0, 0.05) is 0 Å². The van der Waals surface area contributed by atoms with Crippen LogP contribution in [0.1, 0.15) is 85.0 Å². The highest BCUT2D eigenvalue weighted by molar-refractivity contribution is 8.00. The molecule has 0 bridgehead atoms. The molecule has 0 amide bonds. The van der Waals surface area contributed by atoms with Crippen molar-refractivity contribution >= 4 is 17.7 Å². The van der Waals surface area contributed by atoms with E-state index >= 15 is 0 Å². The minimum absolute atomic E-state index is 0.0585. The number of esters is 1. The van der Waals surface area contributed by atoms with E-state index in [0.717, 1.165) is 25.7 Å². The summed E-state index contributed by atoms with van der Waals surface area (Å²) >= 11 is 1.56. The number of carbonyl (C=O) groups is 1. The van der Waals surface area contributed by atoms with Crippen LogP contribution in [0.5, 0.6) is 0 Å². The van der Waals surface area contributed by atoms with Crippen LogP contribution in [0.25, 0.3) is 0 Å². The van der Waals surface area contributed by atoms with Gasteiger partial charge in [0.1, 0.15) is 0 Å². The van der Waals surface area contributed by atoms with Gasteiger partial charge in [0.05, 0.1) is 23.7 Å². The van der Waals surface area contributed by atoms with Crippen LogP contribution in [0, 0.1) is 5.92 Å². The monoisotopic (exact) mass is 370 g/mol. The zero-order chi connectivity index (χ0) is 18.5. The summed E-state index contributed by atoms with van der Waals surface area (Å²) in [5.74, 6) is 0.514. The van der Waals surface area contributed by atoms with Gasteiger partial charge < -0.3 is 9.84 Å². The highest BCUT2D eigenvalue weighted by atomic mass is 32.2. The van der Waals surface area contributed by atoms with Crippen molar-refractivity contribution in [1.29, 1.82) is 0 Å². The van der Waals surface area contributed by atoms with Crippen LogP contribution < -0.4 is 0 Å². The lowest BCUT2D eigenvalue weighted by molar-refractivity contribution is -0.139. The molecule has 1 N–H and O–H groups in total. The molecule has 0 aliphatic heterocycles. The molecular weight excluding hydrogens is 332 g/mol. The number of aliphatic hydroxyl groups excluding tert-OH is 1. The maximum atomic E-state index is 11.7. The van der Waals surface area contributed by atoms with Gasteiger partial charge in [-0.15, -0.1) is 11.8 Å². The van der Waals surface area contributed by atoms with Crippen molar-refractivity contribution in [3.8, 4) is 0 Å². The fraction of sp³-hybridized carbons (Fsp3) is 0.857. The number of hydrogen-bond acceptors (Lipinski definition) is 4. The van der Waals surface area contributed by atoms with Crippen LogP contribution in [-0.4, -0.2) is 34.8 Å². The molecule has 3 atom stereocenters. The molecule has 0 radical (unpaired) electrons. The second-order valence-electron chi connectivity index (χ2n) is 7.07. The number of carbonyl (C=O) groups excluding carboxylic acids is 1. The van der Waals surface area contributed by atoms with E-state index in [9.17, 15) is 9.90 Å². The molecule has 25 heavy (non-hydrogen) atoms. The molecule has 1 aliphatic rings. The van der Waals surface area contributed by atoms with Gasteiger partial charge in [0.2, 0.25) is 0 Å². The summed E-state index contributed by atoms with van der Waals surface area (Å²) in [6.07, 6.45) is 14.1. The van der Waals surface area contributed by atoms with E-state index in [2.05, 4.69) is 19.9 Å². The zero-order valence-corrected chi connectivity index (χ0v) is 17.3. The fourth-order valence-corrected chi connectivity index (χ4v) is 4.82. The molecule has 0 aromatic heterocycles. The van der Waals surface area contributed by atoms with E-state index in [4.69, 9.17) is 4.74 Å². The SMILES string of the molecule is CCCCCCCCC=C1CC[C@H](CC)[C@H](O)[C@@H]1SCC(=O)OCC. The van der Waals surface area contributed by atoms with Gasteiger partial charge in [-0.05, 0) is 38.5 Å². The van der Waals surface area contributed by atoms with Gasteiger partial charge >= 0.3 is 5.97 Å². The highest BCUT2D eigenvalue weighted by Crippen LogP contribution is 2.38. The van der Waals surface area contributed by atoms with Crippen molar-refractivity contribution in [2.45, 2.75) is 96.3 Å². The van der Waals surface area contributed by atoms with Gasteiger partial charge in [0.15, 0.2) is 0 Å². The number of aliphatic hydroxyl groups is 1. The van der Waals surface area contributed by atoms with Crippen LogP contribution in [0.15, 0.2) is 11.6 Å². The third-order valence-electron chi connectivity index (χ3n) is 5.14. The summed E-state index contributed by atoms with van der Waals surface area (Å²) in [6.45, 7) is 6.64. The van der Waals surface area contributed by atoms with Crippen molar-refractivity contribution in [2.24, 2.45) is 5.92 Å². The van der Waals surface area contributed by atoms with Crippen LogP contribution in [-0.2, 0) is 9.53 Å². The summed E-state index contributed by atoms with van der Waals surface area (Å²) < 4.78 is 5.04. The number of ether oxygens (including phenoxy) is 1. The standard InChI is InChI=1S/C21H38O3S/c1-4-7-8-9-10-11-12-13-18-15-14-17(5-2)20(23)21(18)25-16-19(22)24-6-3/h13,17,20-21,23H,4-12,14-16H2,1-3H3/t17-,20-,21+/m0/s1. The van der Waals surface area contributed by atoms with Crippen LogP contribution >= 0.6 is 11.8 Å². The summed E-state index contributed by atoms with van der Waals surface area (Å²) in [5, 5.41) is 10.8. The average molecular weight is 371 g/mol. The average Bonchev–Trinajstić information content (AvgIpc) is 2.60. The van der Waals surface area contributed by atoms with Crippen LogP contribution in [0.3, 0.4) is 0 Å². The van der Waals surface area contributed by atoms with Crippen molar-refractivity contribution < 1.29 is 14.6 Å². The number of thioether (sulfide) groups is 1. The minimum atomic E-state index is -0.339. The first-order valence-corrected chi connectivity index (χ1v) is 11.3. The van der Waals surface area contributed by atoms with Gasteiger partial charge in [-0.2, -0.15) is 0 Å². The lowest BCUT2D eigenvalue weighted by atomic mass is 9.81. The fourth-order valence-electron chi connectivity index (χ4n) is 3.57. The second-order valence-corrected chi connectivity index (χ2v) is 8.20. The minimum Gasteiger partial charge on any atom is -0.465 e. The Bertz CT molecular complexity index is 395. The van der Waals surface area contributed by atoms with Crippen molar-refractivity contribution in [3.63, 3.8) is 0 Å². The molecule has 3 nitrogen and oxygen atoms in total. The molecule has 0 aromatic rings. The topological polar surface area (TPSA) is 46.5 Å². The molecular formula is C21H38O3S. The third kappa shape index (κ3) is 8.63. The molecule has 0 saturated heterocycles. The van der Waals surface area contributed by atoms with Crippen molar-refractivity contribution in [1.82, 2.24) is 0 Å². The first kappa shape index (κ1) is 22.6. The molecule has 0 spiro atoms. The van der Waals surface area contributed by atoms with Gasteiger partial charge in [-0.25, -0.2) is 0 Å². The first-order chi connectivity index (χ1) is 12.1. The van der Waals surface area contributed by atoms with Gasteiger partial charge in [-0.3, -0.25) is 4.79 Å². The Balaban J connectivity index is 2.51. The lowest BCUT2D eigenvalue weighted by Crippen LogP contribution is -2.37. The Morgan fingerprint density at radius 2 is 1.92 bits per heavy atom. The number of unbranched alkanes of at least 4 members (excludes halogenated alkanes) is 6. The molecule has 1 saturated carbocycles. The third-order valence-corrected chi connectivity index (χ3v) is 6.48. The smallest absolute Gasteiger partial charge is 0.315 e. The molecule has 1 fully saturated rings. The Kier molecular flexibility index (Phi) is 12.4. The molecule has 1 rings (SSSR count). The predicted octanol–water partition coefficient (Wildman–Crippen LogP) is 5.51. The number of hydrogen-bond donors (Lipinski definition) is 1. The van der Waals surface area contributed by atoms with Gasteiger partial charge in [-0.1, -0.05) is 64.0 Å². The van der Waals surface area contributed by atoms with Crippen molar-refractivity contribution in [3.05, 3.63) is 11.6 Å². The molecule has 4 heteroatoms. The highest BCUT2D eigenvalue weighted by Gasteiger charge is 2.34. The zero-order valence-electron chi connectivity index (χ0n) is 16.5. The Labute approximate surface area is 159 Å². The van der Waals surface area contributed by atoms with E-state index in [1.165, 1.54) is 44.1 Å². The largest absolute Gasteiger partial charge is 0.465 e. The maximum absolute atomic E-state index is 11.7. The molecule has 146 valence electrons. The quantitative estimate of drug-likeness (QED) is 0.279. The molecule has 1 aliphatic carbocycles. The number of allylic oxidation sites excluding steroid dienone is 1. The van der Waals surface area contributed by atoms with Crippen LogP contribution in [0.2, 0.25) is 0 Å². The van der Waals surface area contributed by atoms with E-state index < -0.39 is 0 Å². The maximum Gasteiger partial charge on any atom is 0.315 e. The Morgan fingerprint density at radius 1 is 1.20 bits per heavy atom. The Hall–Kier alpha value is -0.480. The van der Waals surface area contributed by atoms with Crippen molar-refractivity contribution in [2.75, 3.05) is 12.4 Å². The van der Waals surface area contributed by atoms with Crippen LogP contribution in [0.4, 0.5) is 0 Å².